The fourth-order valence-corrected chi connectivity index (χ4v) is 4.45. The maximum atomic E-state index is 12.1. The summed E-state index contributed by atoms with van der Waals surface area (Å²) in [7, 11) is 0. The Bertz CT molecular complexity index is 1170. The van der Waals surface area contributed by atoms with Crippen molar-refractivity contribution in [3.8, 4) is 22.6 Å². The van der Waals surface area contributed by atoms with E-state index < -0.39 is 0 Å². The number of alkyl halides is 1. The molecule has 1 saturated heterocycles. The van der Waals surface area contributed by atoms with Crippen molar-refractivity contribution in [3.05, 3.63) is 53.6 Å². The number of carbonyl (C=O) groups excluding carboxylic acids is 2. The van der Waals surface area contributed by atoms with Crippen molar-refractivity contribution >= 4 is 46.5 Å². The Labute approximate surface area is 208 Å². The third-order valence-electron chi connectivity index (χ3n) is 5.77. The highest BCUT2D eigenvalue weighted by Crippen LogP contribution is 2.39. The van der Waals surface area contributed by atoms with Gasteiger partial charge in [-0.1, -0.05) is 35.0 Å². The van der Waals surface area contributed by atoms with Crippen molar-refractivity contribution in [2.24, 2.45) is 5.92 Å². The third-order valence-corrected chi connectivity index (χ3v) is 6.32. The van der Waals surface area contributed by atoms with Crippen molar-refractivity contribution in [3.63, 3.8) is 0 Å². The van der Waals surface area contributed by atoms with Crippen LogP contribution in [0.15, 0.2) is 53.1 Å². The van der Waals surface area contributed by atoms with Crippen LogP contribution in [0.4, 0.5) is 11.4 Å². The highest BCUT2D eigenvalue weighted by molar-refractivity contribution is 6.34. The standard InChI is InChI=1S/C25H25Cl2N3O4/c1-2-33-25(32)16-9-11-30(12-10-16)21-8-4-7-19(27)24(21)20-14-22(34-29-20)17-5-3-6-18(13-17)28-23(31)15-26/h3-8,13-14,16H,2,9-12,15H2,1H3,(H,28,31). The van der Waals surface area contributed by atoms with Gasteiger partial charge in [0, 0.05) is 41.7 Å². The van der Waals surface area contributed by atoms with E-state index in [9.17, 15) is 9.59 Å². The van der Waals surface area contributed by atoms with Gasteiger partial charge in [0.2, 0.25) is 5.91 Å². The summed E-state index contributed by atoms with van der Waals surface area (Å²) < 4.78 is 10.8. The van der Waals surface area contributed by atoms with Crippen LogP contribution in [0.1, 0.15) is 19.8 Å². The lowest BCUT2D eigenvalue weighted by atomic mass is 9.95. The molecular formula is C25H25Cl2N3O4. The first-order chi connectivity index (χ1) is 16.5. The van der Waals surface area contributed by atoms with Gasteiger partial charge in [-0.2, -0.15) is 0 Å². The highest BCUT2D eigenvalue weighted by atomic mass is 35.5. The Balaban J connectivity index is 1.57. The topological polar surface area (TPSA) is 84.7 Å². The molecule has 0 spiro atoms. The van der Waals surface area contributed by atoms with Crippen LogP contribution in [0, 0.1) is 5.92 Å². The van der Waals surface area contributed by atoms with Gasteiger partial charge in [-0.05, 0) is 44.0 Å². The quantitative estimate of drug-likeness (QED) is 0.334. The molecule has 1 aliphatic rings. The van der Waals surface area contributed by atoms with Gasteiger partial charge in [0.25, 0.3) is 0 Å². The van der Waals surface area contributed by atoms with E-state index in [1.54, 1.807) is 12.1 Å². The molecule has 178 valence electrons. The molecule has 34 heavy (non-hydrogen) atoms. The molecule has 1 aromatic heterocycles. The second-order valence-corrected chi connectivity index (χ2v) is 8.66. The predicted molar refractivity (Wildman–Crippen MR) is 133 cm³/mol. The summed E-state index contributed by atoms with van der Waals surface area (Å²) in [6.07, 6.45) is 1.44. The number of nitrogens with zero attached hydrogens (tertiary/aromatic N) is 2. The van der Waals surface area contributed by atoms with Crippen LogP contribution in [0.3, 0.4) is 0 Å². The molecule has 0 unspecified atom stereocenters. The molecule has 3 aromatic rings. The lowest BCUT2D eigenvalue weighted by Gasteiger charge is -2.33. The number of anilines is 2. The van der Waals surface area contributed by atoms with Crippen molar-refractivity contribution in [2.45, 2.75) is 19.8 Å². The number of hydrogen-bond donors (Lipinski definition) is 1. The first kappa shape index (κ1) is 24.1. The number of benzene rings is 2. The number of esters is 1. The van der Waals surface area contributed by atoms with Crippen LogP contribution < -0.4 is 10.2 Å². The smallest absolute Gasteiger partial charge is 0.309 e. The Kier molecular flexibility index (Phi) is 7.75. The molecule has 0 aliphatic carbocycles. The summed E-state index contributed by atoms with van der Waals surface area (Å²) in [5.74, 6) is -0.0697. The van der Waals surface area contributed by atoms with Crippen LogP contribution >= 0.6 is 23.2 Å². The predicted octanol–water partition coefficient (Wildman–Crippen LogP) is 5.62. The van der Waals surface area contributed by atoms with Gasteiger partial charge in [0.15, 0.2) is 5.76 Å². The molecule has 1 N–H and O–H groups in total. The van der Waals surface area contributed by atoms with Crippen LogP contribution in [0.25, 0.3) is 22.6 Å². The molecule has 7 nitrogen and oxygen atoms in total. The number of aromatic nitrogens is 1. The minimum atomic E-state index is -0.287. The van der Waals surface area contributed by atoms with Gasteiger partial charge < -0.3 is 19.5 Å². The van der Waals surface area contributed by atoms with Crippen molar-refractivity contribution in [2.75, 3.05) is 35.8 Å². The van der Waals surface area contributed by atoms with E-state index in [0.29, 0.717) is 41.9 Å². The first-order valence-electron chi connectivity index (χ1n) is 11.1. The van der Waals surface area contributed by atoms with E-state index in [1.807, 2.05) is 43.3 Å². The van der Waals surface area contributed by atoms with E-state index >= 15 is 0 Å². The number of rotatable bonds is 7. The van der Waals surface area contributed by atoms with E-state index in [2.05, 4.69) is 15.4 Å². The molecule has 2 heterocycles. The van der Waals surface area contributed by atoms with E-state index in [1.165, 1.54) is 0 Å². The molecule has 0 radical (unpaired) electrons. The summed E-state index contributed by atoms with van der Waals surface area (Å²) in [4.78, 5) is 25.9. The average Bonchev–Trinajstić information content (AvgIpc) is 3.34. The zero-order valence-electron chi connectivity index (χ0n) is 18.7. The van der Waals surface area contributed by atoms with Crippen molar-refractivity contribution in [1.82, 2.24) is 5.16 Å². The van der Waals surface area contributed by atoms with Crippen LogP contribution in [-0.4, -0.2) is 42.6 Å². The number of ether oxygens (including phenoxy) is 1. The number of amides is 1. The van der Waals surface area contributed by atoms with Gasteiger partial charge in [-0.15, -0.1) is 11.6 Å². The number of halogens is 2. The van der Waals surface area contributed by atoms with E-state index in [4.69, 9.17) is 32.5 Å². The summed E-state index contributed by atoms with van der Waals surface area (Å²) in [6, 6.07) is 14.8. The number of carbonyl (C=O) groups is 2. The normalized spacial score (nSPS) is 14.1. The molecule has 1 amide bonds. The Morgan fingerprint density at radius 1 is 1.18 bits per heavy atom. The molecular weight excluding hydrogens is 477 g/mol. The zero-order chi connectivity index (χ0) is 24.1. The molecule has 0 saturated carbocycles. The Morgan fingerprint density at radius 3 is 2.68 bits per heavy atom. The molecule has 2 aromatic carbocycles. The zero-order valence-corrected chi connectivity index (χ0v) is 20.2. The van der Waals surface area contributed by atoms with Gasteiger partial charge in [-0.25, -0.2) is 0 Å². The maximum Gasteiger partial charge on any atom is 0.309 e. The lowest BCUT2D eigenvalue weighted by Crippen LogP contribution is -2.37. The molecule has 1 fully saturated rings. The molecule has 9 heteroatoms. The Morgan fingerprint density at radius 2 is 1.94 bits per heavy atom. The molecule has 1 aliphatic heterocycles. The largest absolute Gasteiger partial charge is 0.466 e. The minimum absolute atomic E-state index is 0.0796. The van der Waals surface area contributed by atoms with Crippen LogP contribution in [0.2, 0.25) is 5.02 Å². The van der Waals surface area contributed by atoms with Crippen molar-refractivity contribution < 1.29 is 18.8 Å². The van der Waals surface area contributed by atoms with Gasteiger partial charge in [0.05, 0.1) is 17.5 Å². The SMILES string of the molecule is CCOC(=O)C1CCN(c2cccc(Cl)c2-c2cc(-c3cccc(NC(=O)CCl)c3)on2)CC1. The van der Waals surface area contributed by atoms with Crippen LogP contribution in [-0.2, 0) is 14.3 Å². The fraction of sp³-hybridized carbons (Fsp3) is 0.320. The Hall–Kier alpha value is -3.03. The number of piperidine rings is 1. The van der Waals surface area contributed by atoms with Gasteiger partial charge in [-0.3, -0.25) is 9.59 Å². The van der Waals surface area contributed by atoms with Gasteiger partial charge in [0.1, 0.15) is 11.6 Å². The first-order valence-corrected chi connectivity index (χ1v) is 12.0. The average molecular weight is 502 g/mol. The van der Waals surface area contributed by atoms with Gasteiger partial charge >= 0.3 is 5.97 Å². The van der Waals surface area contributed by atoms with E-state index in [0.717, 1.165) is 29.7 Å². The molecule has 4 rings (SSSR count). The second-order valence-electron chi connectivity index (χ2n) is 7.99. The van der Waals surface area contributed by atoms with E-state index in [-0.39, 0.29) is 23.7 Å². The summed E-state index contributed by atoms with van der Waals surface area (Å²) in [5.41, 5.74) is 3.70. The lowest BCUT2D eigenvalue weighted by molar-refractivity contribution is -0.148. The summed E-state index contributed by atoms with van der Waals surface area (Å²) in [6.45, 7) is 3.64. The molecule has 0 atom stereocenters. The fourth-order valence-electron chi connectivity index (χ4n) is 4.12. The maximum absolute atomic E-state index is 12.1. The highest BCUT2D eigenvalue weighted by Gasteiger charge is 2.28. The monoisotopic (exact) mass is 501 g/mol. The van der Waals surface area contributed by atoms with Crippen LogP contribution in [0.5, 0.6) is 0 Å². The van der Waals surface area contributed by atoms with Crippen molar-refractivity contribution in [1.29, 1.82) is 0 Å². The number of nitrogens with one attached hydrogen (secondary N) is 1. The minimum Gasteiger partial charge on any atom is -0.466 e. The number of hydrogen-bond acceptors (Lipinski definition) is 6. The second kappa shape index (κ2) is 10.9. The third kappa shape index (κ3) is 5.37. The summed E-state index contributed by atoms with van der Waals surface area (Å²) in [5, 5.41) is 7.57. The molecule has 0 bridgehead atoms. The summed E-state index contributed by atoms with van der Waals surface area (Å²) >= 11 is 12.2.